The predicted octanol–water partition coefficient (Wildman–Crippen LogP) is 4.79. The lowest BCUT2D eigenvalue weighted by Crippen LogP contribution is -2.54. The van der Waals surface area contributed by atoms with Crippen molar-refractivity contribution in [3.05, 3.63) is 47.5 Å². The van der Waals surface area contributed by atoms with Gasteiger partial charge in [0.25, 0.3) is 5.78 Å². The number of benzene rings is 1. The number of carbonyl (C=O) groups excluding carboxylic acids is 5. The van der Waals surface area contributed by atoms with E-state index in [1.54, 1.807) is 89.2 Å². The van der Waals surface area contributed by atoms with Crippen LogP contribution in [0.1, 0.15) is 88.6 Å². The van der Waals surface area contributed by atoms with Crippen molar-refractivity contribution in [2.24, 2.45) is 0 Å². The molecular formula is C30H42O9. The molecule has 0 radical (unpaired) electrons. The van der Waals surface area contributed by atoms with Crippen molar-refractivity contribution in [3.8, 4) is 0 Å². The molecule has 0 bridgehead atoms. The lowest BCUT2D eigenvalue weighted by atomic mass is 9.70. The van der Waals surface area contributed by atoms with Gasteiger partial charge in [0.05, 0.1) is 5.57 Å². The van der Waals surface area contributed by atoms with Crippen LogP contribution in [0, 0.1) is 0 Å². The fraction of sp³-hybridized carbons (Fsp3) is 0.567. The molecule has 1 unspecified atom stereocenters. The highest BCUT2D eigenvalue weighted by Gasteiger charge is 2.59. The van der Waals surface area contributed by atoms with E-state index in [2.05, 4.69) is 0 Å². The molecule has 9 nitrogen and oxygen atoms in total. The number of ketones is 1. The summed E-state index contributed by atoms with van der Waals surface area (Å²) in [4.78, 5) is 68.4. The van der Waals surface area contributed by atoms with Gasteiger partial charge in [-0.25, -0.2) is 14.4 Å². The van der Waals surface area contributed by atoms with Gasteiger partial charge < -0.3 is 18.9 Å². The Morgan fingerprint density at radius 3 is 1.38 bits per heavy atom. The highest BCUT2D eigenvalue weighted by atomic mass is 16.6. The average Bonchev–Trinajstić information content (AvgIpc) is 2.69. The molecule has 9 heteroatoms. The van der Waals surface area contributed by atoms with Crippen LogP contribution in [0.4, 0.5) is 0 Å². The molecule has 216 valence electrons. The van der Waals surface area contributed by atoms with Crippen LogP contribution in [0.5, 0.6) is 0 Å². The SMILES string of the molecule is CC(C)(C)OC(=O)/C=C(\C(=O)OC(C)(C)C)C(C(=O)OC(C)(C)C)(C(=O)C(=O)OC(C)(C)C)c1ccccc1. The minimum absolute atomic E-state index is 0.101. The van der Waals surface area contributed by atoms with Crippen molar-refractivity contribution in [1.29, 1.82) is 0 Å². The molecule has 1 aromatic carbocycles. The molecule has 0 aliphatic carbocycles. The van der Waals surface area contributed by atoms with Crippen LogP contribution in [0.25, 0.3) is 0 Å². The van der Waals surface area contributed by atoms with Gasteiger partial charge in [-0.3, -0.25) is 9.59 Å². The maximum atomic E-state index is 14.2. The molecule has 0 saturated heterocycles. The van der Waals surface area contributed by atoms with Gasteiger partial charge in [-0.2, -0.15) is 0 Å². The van der Waals surface area contributed by atoms with Gasteiger partial charge in [0, 0.05) is 6.08 Å². The maximum absolute atomic E-state index is 14.2. The quantitative estimate of drug-likeness (QED) is 0.156. The third-order valence-corrected chi connectivity index (χ3v) is 4.53. The molecule has 0 aliphatic heterocycles. The second-order valence-corrected chi connectivity index (χ2v) is 13.0. The molecule has 0 amide bonds. The molecule has 0 saturated carbocycles. The summed E-state index contributed by atoms with van der Waals surface area (Å²) in [7, 11) is 0. The van der Waals surface area contributed by atoms with Crippen LogP contribution in [-0.2, 0) is 48.3 Å². The van der Waals surface area contributed by atoms with Crippen LogP contribution in [-0.4, -0.2) is 52.1 Å². The third kappa shape index (κ3) is 9.96. The standard InChI is InChI=1S/C30H42O9/c1-26(2,3)36-21(31)18-20(23(33)37-27(4,5)6)30(19-16-14-13-15-17-19,25(35)39-29(10,11)12)22(32)24(34)38-28(7,8)9/h13-18H,1-12H3/b20-18+. The third-order valence-electron chi connectivity index (χ3n) is 4.53. The topological polar surface area (TPSA) is 122 Å². The summed E-state index contributed by atoms with van der Waals surface area (Å²) in [5.74, 6) is -6.34. The lowest BCUT2D eigenvalue weighted by molar-refractivity contribution is -0.174. The number of ether oxygens (including phenoxy) is 4. The molecule has 0 heterocycles. The fourth-order valence-electron chi connectivity index (χ4n) is 3.35. The maximum Gasteiger partial charge on any atom is 0.377 e. The van der Waals surface area contributed by atoms with Gasteiger partial charge >= 0.3 is 23.9 Å². The normalized spacial score (nSPS) is 14.5. The first-order valence-electron chi connectivity index (χ1n) is 12.6. The Bertz CT molecular complexity index is 1120. The van der Waals surface area contributed by atoms with E-state index in [0.717, 1.165) is 0 Å². The van der Waals surface area contributed by atoms with Gasteiger partial charge in [0.2, 0.25) is 0 Å². The van der Waals surface area contributed by atoms with Crippen molar-refractivity contribution in [1.82, 2.24) is 0 Å². The molecule has 1 aromatic rings. The summed E-state index contributed by atoms with van der Waals surface area (Å²) in [6.07, 6.45) is 0.707. The second-order valence-electron chi connectivity index (χ2n) is 13.0. The predicted molar refractivity (Wildman–Crippen MR) is 145 cm³/mol. The Morgan fingerprint density at radius 1 is 0.564 bits per heavy atom. The first-order valence-corrected chi connectivity index (χ1v) is 12.6. The van der Waals surface area contributed by atoms with E-state index in [0.29, 0.717) is 6.08 Å². The monoisotopic (exact) mass is 546 g/mol. The summed E-state index contributed by atoms with van der Waals surface area (Å²) in [5.41, 5.74) is -7.98. The zero-order valence-corrected chi connectivity index (χ0v) is 25.1. The summed E-state index contributed by atoms with van der Waals surface area (Å²) < 4.78 is 21.9. The Kier molecular flexibility index (Phi) is 10.1. The minimum Gasteiger partial charge on any atom is -0.459 e. The van der Waals surface area contributed by atoms with Crippen molar-refractivity contribution < 1.29 is 42.9 Å². The highest BCUT2D eigenvalue weighted by molar-refractivity contribution is 6.45. The van der Waals surface area contributed by atoms with E-state index in [-0.39, 0.29) is 5.56 Å². The van der Waals surface area contributed by atoms with Crippen LogP contribution in [0.15, 0.2) is 42.0 Å². The molecule has 0 fully saturated rings. The molecule has 1 rings (SSSR count). The van der Waals surface area contributed by atoms with Crippen molar-refractivity contribution in [2.75, 3.05) is 0 Å². The van der Waals surface area contributed by atoms with E-state index in [1.807, 2.05) is 0 Å². The molecule has 39 heavy (non-hydrogen) atoms. The number of carbonyl (C=O) groups is 5. The molecule has 0 spiro atoms. The van der Waals surface area contributed by atoms with Crippen LogP contribution < -0.4 is 0 Å². The first kappa shape index (κ1) is 33.5. The Balaban J connectivity index is 4.27. The van der Waals surface area contributed by atoms with E-state index in [4.69, 9.17) is 18.9 Å². The van der Waals surface area contributed by atoms with Crippen molar-refractivity contribution >= 4 is 29.7 Å². The zero-order valence-electron chi connectivity index (χ0n) is 25.1. The minimum atomic E-state index is -2.77. The lowest BCUT2D eigenvalue weighted by Gasteiger charge is -2.35. The number of hydrogen-bond donors (Lipinski definition) is 0. The van der Waals surface area contributed by atoms with Crippen LogP contribution in [0.2, 0.25) is 0 Å². The summed E-state index contributed by atoms with van der Waals surface area (Å²) in [6, 6.07) is 7.39. The number of rotatable bonds is 7. The second kappa shape index (κ2) is 11.7. The van der Waals surface area contributed by atoms with Gasteiger partial charge in [-0.15, -0.1) is 0 Å². The Hall–Kier alpha value is -3.49. The van der Waals surface area contributed by atoms with Gasteiger partial charge in [0.15, 0.2) is 5.41 Å². The molecule has 1 atom stereocenters. The van der Waals surface area contributed by atoms with Crippen molar-refractivity contribution in [2.45, 2.75) is 111 Å². The summed E-state index contributed by atoms with van der Waals surface area (Å²) in [5, 5.41) is 0. The number of hydrogen-bond acceptors (Lipinski definition) is 9. The van der Waals surface area contributed by atoms with Gasteiger partial charge in [-0.1, -0.05) is 30.3 Å². The van der Waals surface area contributed by atoms with E-state index < -0.39 is 63.1 Å². The first-order chi connectivity index (χ1) is 17.4. The van der Waals surface area contributed by atoms with E-state index in [9.17, 15) is 24.0 Å². The largest absolute Gasteiger partial charge is 0.459 e. The summed E-state index contributed by atoms with van der Waals surface area (Å²) >= 11 is 0. The van der Waals surface area contributed by atoms with E-state index >= 15 is 0 Å². The van der Waals surface area contributed by atoms with Gasteiger partial charge in [0.1, 0.15) is 22.4 Å². The number of Topliss-reactive ketones (excluding diaryl/α,β-unsaturated/α-hetero) is 1. The van der Waals surface area contributed by atoms with Crippen LogP contribution >= 0.6 is 0 Å². The number of esters is 4. The molecule has 0 N–H and O–H groups in total. The van der Waals surface area contributed by atoms with E-state index in [1.165, 1.54) is 24.3 Å². The highest BCUT2D eigenvalue weighted by Crippen LogP contribution is 2.39. The summed E-state index contributed by atoms with van der Waals surface area (Å²) in [6.45, 7) is 18.8. The smallest absolute Gasteiger partial charge is 0.377 e. The molecule has 0 aliphatic rings. The Morgan fingerprint density at radius 2 is 0.974 bits per heavy atom. The average molecular weight is 547 g/mol. The fourth-order valence-corrected chi connectivity index (χ4v) is 3.35. The molecular weight excluding hydrogens is 504 g/mol. The molecule has 0 aromatic heterocycles. The Labute approximate surface area is 231 Å². The van der Waals surface area contributed by atoms with Crippen LogP contribution in [0.3, 0.4) is 0 Å². The van der Waals surface area contributed by atoms with Gasteiger partial charge in [-0.05, 0) is 88.6 Å². The van der Waals surface area contributed by atoms with Crippen molar-refractivity contribution in [3.63, 3.8) is 0 Å². The zero-order chi connectivity index (χ0) is 30.6.